The standard InChI is InChI=1S/C14H12N4O2S/c1-8-6-9(7-10(12(8)15)13(19)20)21-14-17-16-11-4-2-3-5-18(11)14/h2-7H,15H2,1H3,(H,19,20). The number of nitrogen functional groups attached to an aromatic ring is 1. The number of fused-ring (bicyclic) bond motifs is 1. The highest BCUT2D eigenvalue weighted by molar-refractivity contribution is 7.99. The van der Waals surface area contributed by atoms with Gasteiger partial charge in [-0.3, -0.25) is 4.40 Å². The molecule has 2 heterocycles. The van der Waals surface area contributed by atoms with E-state index in [0.29, 0.717) is 5.16 Å². The second kappa shape index (κ2) is 5.10. The summed E-state index contributed by atoms with van der Waals surface area (Å²) in [6.45, 7) is 1.79. The van der Waals surface area contributed by atoms with E-state index >= 15 is 0 Å². The maximum Gasteiger partial charge on any atom is 0.337 e. The Morgan fingerprint density at radius 2 is 2.14 bits per heavy atom. The van der Waals surface area contributed by atoms with Crippen LogP contribution in [0.4, 0.5) is 5.69 Å². The van der Waals surface area contributed by atoms with Gasteiger partial charge in [-0.1, -0.05) is 6.07 Å². The molecule has 0 unspecified atom stereocenters. The van der Waals surface area contributed by atoms with E-state index in [1.54, 1.807) is 13.0 Å². The number of anilines is 1. The molecule has 106 valence electrons. The number of carbonyl (C=O) groups is 1. The minimum Gasteiger partial charge on any atom is -0.478 e. The third-order valence-corrected chi connectivity index (χ3v) is 4.01. The lowest BCUT2D eigenvalue weighted by atomic mass is 10.1. The SMILES string of the molecule is Cc1cc(Sc2nnc3ccccn23)cc(C(=O)O)c1N. The number of aromatic nitrogens is 3. The molecule has 1 aromatic carbocycles. The first-order chi connectivity index (χ1) is 10.1. The molecule has 0 amide bonds. The highest BCUT2D eigenvalue weighted by Crippen LogP contribution is 2.31. The molecule has 21 heavy (non-hydrogen) atoms. The molecule has 0 fully saturated rings. The molecule has 0 saturated carbocycles. The van der Waals surface area contributed by atoms with Gasteiger partial charge in [-0.2, -0.15) is 0 Å². The molecule has 0 aliphatic carbocycles. The maximum absolute atomic E-state index is 11.2. The zero-order chi connectivity index (χ0) is 15.0. The van der Waals surface area contributed by atoms with Crippen LogP contribution in [0.25, 0.3) is 5.65 Å². The van der Waals surface area contributed by atoms with Crippen LogP contribution >= 0.6 is 11.8 Å². The normalized spacial score (nSPS) is 10.9. The summed E-state index contributed by atoms with van der Waals surface area (Å²) in [6.07, 6.45) is 1.86. The quantitative estimate of drug-likeness (QED) is 0.722. The Labute approximate surface area is 124 Å². The first kappa shape index (κ1) is 13.4. The zero-order valence-electron chi connectivity index (χ0n) is 11.1. The van der Waals surface area contributed by atoms with Crippen molar-refractivity contribution in [2.45, 2.75) is 17.0 Å². The monoisotopic (exact) mass is 300 g/mol. The highest BCUT2D eigenvalue weighted by Gasteiger charge is 2.14. The summed E-state index contributed by atoms with van der Waals surface area (Å²) in [4.78, 5) is 12.0. The summed E-state index contributed by atoms with van der Waals surface area (Å²) in [5.74, 6) is -1.04. The van der Waals surface area contributed by atoms with Crippen molar-refractivity contribution in [3.63, 3.8) is 0 Å². The lowest BCUT2D eigenvalue weighted by Crippen LogP contribution is -2.04. The molecule has 3 rings (SSSR count). The van der Waals surface area contributed by atoms with Gasteiger partial charge in [-0.05, 0) is 48.5 Å². The summed E-state index contributed by atoms with van der Waals surface area (Å²) >= 11 is 1.35. The summed E-state index contributed by atoms with van der Waals surface area (Å²) < 4.78 is 1.84. The molecule has 7 heteroatoms. The van der Waals surface area contributed by atoms with E-state index in [-0.39, 0.29) is 11.3 Å². The number of aromatic carboxylic acids is 1. The van der Waals surface area contributed by atoms with Crippen molar-refractivity contribution in [3.05, 3.63) is 47.7 Å². The average molecular weight is 300 g/mol. The molecule has 3 aromatic rings. The predicted molar refractivity (Wildman–Crippen MR) is 79.7 cm³/mol. The number of pyridine rings is 1. The Bertz CT molecular complexity index is 844. The predicted octanol–water partition coefficient (Wildman–Crippen LogP) is 2.47. The third kappa shape index (κ3) is 2.43. The number of hydrogen-bond acceptors (Lipinski definition) is 5. The van der Waals surface area contributed by atoms with Crippen molar-refractivity contribution in [1.29, 1.82) is 0 Å². The smallest absolute Gasteiger partial charge is 0.337 e. The Hall–Kier alpha value is -2.54. The van der Waals surface area contributed by atoms with Crippen LogP contribution in [-0.4, -0.2) is 25.7 Å². The van der Waals surface area contributed by atoms with Crippen LogP contribution in [0.2, 0.25) is 0 Å². The van der Waals surface area contributed by atoms with Gasteiger partial charge in [0.25, 0.3) is 0 Å². The van der Waals surface area contributed by atoms with Gasteiger partial charge in [0.2, 0.25) is 0 Å². The van der Waals surface area contributed by atoms with E-state index in [2.05, 4.69) is 10.2 Å². The average Bonchev–Trinajstić information content (AvgIpc) is 2.86. The number of nitrogens with two attached hydrogens (primary N) is 1. The van der Waals surface area contributed by atoms with E-state index in [0.717, 1.165) is 16.1 Å². The van der Waals surface area contributed by atoms with Gasteiger partial charge in [-0.25, -0.2) is 4.79 Å². The third-order valence-electron chi connectivity index (χ3n) is 3.08. The molecular weight excluding hydrogens is 288 g/mol. The van der Waals surface area contributed by atoms with Crippen molar-refractivity contribution in [2.24, 2.45) is 0 Å². The van der Waals surface area contributed by atoms with Crippen LogP contribution in [0.3, 0.4) is 0 Å². The van der Waals surface area contributed by atoms with Crippen LogP contribution in [-0.2, 0) is 0 Å². The number of nitrogens with zero attached hydrogens (tertiary/aromatic N) is 3. The Balaban J connectivity index is 2.04. The van der Waals surface area contributed by atoms with Crippen LogP contribution in [0.15, 0.2) is 46.6 Å². The molecule has 0 radical (unpaired) electrons. The van der Waals surface area contributed by atoms with Gasteiger partial charge in [0, 0.05) is 16.8 Å². The molecule has 0 atom stereocenters. The van der Waals surface area contributed by atoms with E-state index in [1.807, 2.05) is 34.9 Å². The van der Waals surface area contributed by atoms with Crippen molar-refractivity contribution in [1.82, 2.24) is 14.6 Å². The number of carboxylic acid groups (broad SMARTS) is 1. The first-order valence-electron chi connectivity index (χ1n) is 6.17. The van der Waals surface area contributed by atoms with Crippen LogP contribution in [0.5, 0.6) is 0 Å². The van der Waals surface area contributed by atoms with Gasteiger partial charge in [0.15, 0.2) is 10.8 Å². The van der Waals surface area contributed by atoms with E-state index in [9.17, 15) is 9.90 Å². The van der Waals surface area contributed by atoms with Crippen molar-refractivity contribution >= 4 is 29.1 Å². The number of hydrogen-bond donors (Lipinski definition) is 2. The van der Waals surface area contributed by atoms with Gasteiger partial charge in [0.1, 0.15) is 0 Å². The lowest BCUT2D eigenvalue weighted by molar-refractivity contribution is 0.0697. The molecule has 0 aliphatic rings. The van der Waals surface area contributed by atoms with E-state index in [4.69, 9.17) is 5.73 Å². The summed E-state index contributed by atoms with van der Waals surface area (Å²) in [7, 11) is 0. The number of aryl methyl sites for hydroxylation is 1. The van der Waals surface area contributed by atoms with Crippen LogP contribution in [0, 0.1) is 6.92 Å². The Kier molecular flexibility index (Phi) is 3.26. The lowest BCUT2D eigenvalue weighted by Gasteiger charge is -2.08. The fourth-order valence-corrected chi connectivity index (χ4v) is 2.95. The summed E-state index contributed by atoms with van der Waals surface area (Å²) in [6, 6.07) is 9.02. The van der Waals surface area contributed by atoms with Crippen LogP contribution in [0.1, 0.15) is 15.9 Å². The zero-order valence-corrected chi connectivity index (χ0v) is 12.0. The fourth-order valence-electron chi connectivity index (χ4n) is 2.00. The second-order valence-corrected chi connectivity index (χ2v) is 5.56. The minimum atomic E-state index is -1.04. The maximum atomic E-state index is 11.2. The van der Waals surface area contributed by atoms with Crippen LogP contribution < -0.4 is 5.73 Å². The number of carboxylic acids is 1. The molecule has 0 aliphatic heterocycles. The summed E-state index contributed by atoms with van der Waals surface area (Å²) in [5.41, 5.74) is 7.66. The molecule has 6 nitrogen and oxygen atoms in total. The Morgan fingerprint density at radius 3 is 2.90 bits per heavy atom. The summed E-state index contributed by atoms with van der Waals surface area (Å²) in [5, 5.41) is 18.0. The Morgan fingerprint density at radius 1 is 1.33 bits per heavy atom. The molecule has 0 bridgehead atoms. The molecule has 0 saturated heterocycles. The largest absolute Gasteiger partial charge is 0.478 e. The second-order valence-electron chi connectivity index (χ2n) is 4.52. The molecule has 3 N–H and O–H groups in total. The number of benzene rings is 1. The molecular formula is C14H12N4O2S. The van der Waals surface area contributed by atoms with Crippen molar-refractivity contribution < 1.29 is 9.90 Å². The van der Waals surface area contributed by atoms with Gasteiger partial charge in [0.05, 0.1) is 5.56 Å². The van der Waals surface area contributed by atoms with Crippen molar-refractivity contribution in [2.75, 3.05) is 5.73 Å². The molecule has 2 aromatic heterocycles. The van der Waals surface area contributed by atoms with E-state index in [1.165, 1.54) is 11.8 Å². The van der Waals surface area contributed by atoms with E-state index < -0.39 is 5.97 Å². The molecule has 0 spiro atoms. The van der Waals surface area contributed by atoms with Crippen molar-refractivity contribution in [3.8, 4) is 0 Å². The number of rotatable bonds is 3. The highest BCUT2D eigenvalue weighted by atomic mass is 32.2. The minimum absolute atomic E-state index is 0.103. The topological polar surface area (TPSA) is 93.5 Å². The van der Waals surface area contributed by atoms with Gasteiger partial charge >= 0.3 is 5.97 Å². The van der Waals surface area contributed by atoms with Gasteiger partial charge < -0.3 is 10.8 Å². The first-order valence-corrected chi connectivity index (χ1v) is 6.99. The van der Waals surface area contributed by atoms with Gasteiger partial charge in [-0.15, -0.1) is 10.2 Å². The fraction of sp³-hybridized carbons (Fsp3) is 0.0714.